The number of benzene rings is 2. The third kappa shape index (κ3) is 5.39. The van der Waals surface area contributed by atoms with Gasteiger partial charge in [0.1, 0.15) is 10.7 Å². The van der Waals surface area contributed by atoms with Crippen LogP contribution in [0.3, 0.4) is 0 Å². The molecule has 150 valence electrons. The van der Waals surface area contributed by atoms with Gasteiger partial charge in [0.15, 0.2) is 5.13 Å². The average molecular weight is 412 g/mol. The van der Waals surface area contributed by atoms with Crippen molar-refractivity contribution in [3.05, 3.63) is 70.5 Å². The number of halogens is 1. The van der Waals surface area contributed by atoms with Crippen LogP contribution in [0.1, 0.15) is 40.7 Å². The Morgan fingerprint density at radius 3 is 2.14 bits per heavy atom. The molecule has 2 aromatic carbocycles. The van der Waals surface area contributed by atoms with E-state index in [4.69, 9.17) is 0 Å². The first-order chi connectivity index (χ1) is 13.8. The first kappa shape index (κ1) is 20.5. The van der Waals surface area contributed by atoms with Crippen molar-refractivity contribution in [3.63, 3.8) is 0 Å². The summed E-state index contributed by atoms with van der Waals surface area (Å²) in [6.45, 7) is 5.92. The summed E-state index contributed by atoms with van der Waals surface area (Å²) >= 11 is 1.08. The van der Waals surface area contributed by atoms with E-state index in [1.807, 2.05) is 24.3 Å². The van der Waals surface area contributed by atoms with Crippen molar-refractivity contribution in [2.45, 2.75) is 26.7 Å². The third-order valence-electron chi connectivity index (χ3n) is 4.16. The van der Waals surface area contributed by atoms with Crippen LogP contribution in [-0.4, -0.2) is 16.9 Å². The van der Waals surface area contributed by atoms with Gasteiger partial charge in [0, 0.05) is 11.4 Å². The molecule has 3 amide bonds. The van der Waals surface area contributed by atoms with Crippen molar-refractivity contribution in [2.24, 2.45) is 0 Å². The fourth-order valence-electron chi connectivity index (χ4n) is 2.59. The summed E-state index contributed by atoms with van der Waals surface area (Å²) in [4.78, 5) is 29.3. The molecule has 0 aliphatic rings. The number of amides is 3. The van der Waals surface area contributed by atoms with Gasteiger partial charge in [-0.1, -0.05) is 37.3 Å². The molecule has 0 fully saturated rings. The van der Waals surface area contributed by atoms with E-state index in [-0.39, 0.29) is 11.7 Å². The Morgan fingerprint density at radius 2 is 1.52 bits per heavy atom. The maximum absolute atomic E-state index is 12.9. The van der Waals surface area contributed by atoms with E-state index in [9.17, 15) is 14.0 Å². The Balaban J connectivity index is 1.63. The van der Waals surface area contributed by atoms with E-state index in [2.05, 4.69) is 34.8 Å². The van der Waals surface area contributed by atoms with Crippen molar-refractivity contribution in [1.82, 2.24) is 4.98 Å². The number of anilines is 3. The summed E-state index contributed by atoms with van der Waals surface area (Å²) in [7, 11) is 0. The number of aryl methyl sites for hydroxylation is 1. The number of rotatable bonds is 5. The standard InChI is InChI=1S/C21H21FN4O2S/c1-12(2)14-4-8-16(9-5-14)24-19(27)18-13(3)23-21(29-18)26-20(28)25-17-10-6-15(22)7-11-17/h4-12H,1-3H3,(H,24,27)(H2,23,25,26,28). The molecule has 0 saturated heterocycles. The number of hydrogen-bond donors (Lipinski definition) is 3. The fourth-order valence-corrected chi connectivity index (χ4v) is 3.45. The van der Waals surface area contributed by atoms with Crippen molar-refractivity contribution in [3.8, 4) is 0 Å². The first-order valence-electron chi connectivity index (χ1n) is 9.04. The molecule has 1 heterocycles. The van der Waals surface area contributed by atoms with Gasteiger partial charge in [0.25, 0.3) is 5.91 Å². The second-order valence-corrected chi connectivity index (χ2v) is 7.75. The zero-order chi connectivity index (χ0) is 21.0. The van der Waals surface area contributed by atoms with Crippen molar-refractivity contribution < 1.29 is 14.0 Å². The molecule has 0 unspecified atom stereocenters. The molecular formula is C21H21FN4O2S. The monoisotopic (exact) mass is 412 g/mol. The van der Waals surface area contributed by atoms with Gasteiger partial charge in [-0.3, -0.25) is 10.1 Å². The third-order valence-corrected chi connectivity index (χ3v) is 5.23. The molecule has 6 nitrogen and oxygen atoms in total. The lowest BCUT2D eigenvalue weighted by Crippen LogP contribution is -2.19. The molecule has 0 atom stereocenters. The Hall–Kier alpha value is -3.26. The highest BCUT2D eigenvalue weighted by Gasteiger charge is 2.17. The minimum Gasteiger partial charge on any atom is -0.321 e. The number of aromatic nitrogens is 1. The van der Waals surface area contributed by atoms with Gasteiger partial charge < -0.3 is 10.6 Å². The molecular weight excluding hydrogens is 391 g/mol. The normalized spacial score (nSPS) is 10.7. The highest BCUT2D eigenvalue weighted by molar-refractivity contribution is 7.17. The van der Waals surface area contributed by atoms with Gasteiger partial charge in [-0.15, -0.1) is 0 Å². The lowest BCUT2D eigenvalue weighted by Gasteiger charge is -2.08. The molecule has 29 heavy (non-hydrogen) atoms. The van der Waals surface area contributed by atoms with Crippen LogP contribution in [0.4, 0.5) is 25.7 Å². The van der Waals surface area contributed by atoms with E-state index < -0.39 is 6.03 Å². The number of carbonyl (C=O) groups is 2. The lowest BCUT2D eigenvalue weighted by atomic mass is 10.0. The van der Waals surface area contributed by atoms with E-state index in [1.165, 1.54) is 29.8 Å². The summed E-state index contributed by atoms with van der Waals surface area (Å²) < 4.78 is 12.9. The van der Waals surface area contributed by atoms with E-state index >= 15 is 0 Å². The summed E-state index contributed by atoms with van der Waals surface area (Å²) in [5, 5.41) is 8.31. The Bertz CT molecular complexity index is 1010. The first-order valence-corrected chi connectivity index (χ1v) is 9.86. The summed E-state index contributed by atoms with van der Waals surface area (Å²) in [5.41, 5.74) is 2.84. The molecule has 8 heteroatoms. The molecule has 1 aromatic heterocycles. The van der Waals surface area contributed by atoms with Gasteiger partial charge in [0.2, 0.25) is 0 Å². The van der Waals surface area contributed by atoms with E-state index in [1.54, 1.807) is 6.92 Å². The van der Waals surface area contributed by atoms with Crippen LogP contribution in [0.5, 0.6) is 0 Å². The predicted molar refractivity (Wildman–Crippen MR) is 114 cm³/mol. The number of nitrogens with zero attached hydrogens (tertiary/aromatic N) is 1. The van der Waals surface area contributed by atoms with Gasteiger partial charge >= 0.3 is 6.03 Å². The maximum Gasteiger partial charge on any atom is 0.325 e. The molecule has 0 saturated carbocycles. The van der Waals surface area contributed by atoms with Crippen LogP contribution in [-0.2, 0) is 0 Å². The number of thiazole rings is 1. The summed E-state index contributed by atoms with van der Waals surface area (Å²) in [6.07, 6.45) is 0. The van der Waals surface area contributed by atoms with Crippen LogP contribution >= 0.6 is 11.3 Å². The summed E-state index contributed by atoms with van der Waals surface area (Å²) in [6, 6.07) is 12.5. The Labute approximate surface area is 172 Å². The molecule has 0 radical (unpaired) electrons. The summed E-state index contributed by atoms with van der Waals surface area (Å²) in [5.74, 6) is -0.261. The average Bonchev–Trinajstić information content (AvgIpc) is 3.04. The second-order valence-electron chi connectivity index (χ2n) is 6.75. The predicted octanol–water partition coefficient (Wildman–Crippen LogP) is 5.61. The van der Waals surface area contributed by atoms with Crippen molar-refractivity contribution in [2.75, 3.05) is 16.0 Å². The molecule has 3 N–H and O–H groups in total. The Morgan fingerprint density at radius 1 is 0.931 bits per heavy atom. The lowest BCUT2D eigenvalue weighted by molar-refractivity contribution is 0.103. The maximum atomic E-state index is 12.9. The van der Waals surface area contributed by atoms with Crippen LogP contribution in [0, 0.1) is 12.7 Å². The van der Waals surface area contributed by atoms with Crippen LogP contribution in [0.25, 0.3) is 0 Å². The SMILES string of the molecule is Cc1nc(NC(=O)Nc2ccc(F)cc2)sc1C(=O)Nc1ccc(C(C)C)cc1. The van der Waals surface area contributed by atoms with E-state index in [0.29, 0.717) is 33.0 Å². The number of carbonyl (C=O) groups excluding carboxylic acids is 2. The molecule has 0 aliphatic heterocycles. The quantitative estimate of drug-likeness (QED) is 0.509. The smallest absolute Gasteiger partial charge is 0.321 e. The molecule has 0 spiro atoms. The Kier molecular flexibility index (Phi) is 6.23. The zero-order valence-corrected chi connectivity index (χ0v) is 17.1. The molecule has 3 rings (SSSR count). The molecule has 0 bridgehead atoms. The number of nitrogens with one attached hydrogen (secondary N) is 3. The van der Waals surface area contributed by atoms with Gasteiger partial charge in [-0.2, -0.15) is 0 Å². The minimum absolute atomic E-state index is 0.288. The minimum atomic E-state index is -0.526. The molecule has 3 aromatic rings. The van der Waals surface area contributed by atoms with Crippen LogP contribution in [0.2, 0.25) is 0 Å². The van der Waals surface area contributed by atoms with Crippen molar-refractivity contribution in [1.29, 1.82) is 0 Å². The highest BCUT2D eigenvalue weighted by Crippen LogP contribution is 2.24. The van der Waals surface area contributed by atoms with Crippen LogP contribution in [0.15, 0.2) is 48.5 Å². The zero-order valence-electron chi connectivity index (χ0n) is 16.2. The van der Waals surface area contributed by atoms with Gasteiger partial charge in [0.05, 0.1) is 5.69 Å². The highest BCUT2D eigenvalue weighted by atomic mass is 32.1. The van der Waals surface area contributed by atoms with Crippen LogP contribution < -0.4 is 16.0 Å². The number of urea groups is 1. The second kappa shape index (κ2) is 8.83. The van der Waals surface area contributed by atoms with Gasteiger partial charge in [-0.05, 0) is 54.8 Å². The van der Waals surface area contributed by atoms with E-state index in [0.717, 1.165) is 11.3 Å². The number of hydrogen-bond acceptors (Lipinski definition) is 4. The topological polar surface area (TPSA) is 83.1 Å². The fraction of sp³-hybridized carbons (Fsp3) is 0.190. The van der Waals surface area contributed by atoms with Crippen molar-refractivity contribution >= 4 is 39.8 Å². The molecule has 0 aliphatic carbocycles. The van der Waals surface area contributed by atoms with Gasteiger partial charge in [-0.25, -0.2) is 14.2 Å². The largest absolute Gasteiger partial charge is 0.325 e.